The molecule has 0 saturated carbocycles. The van der Waals surface area contributed by atoms with Gasteiger partial charge < -0.3 is 44.9 Å². The van der Waals surface area contributed by atoms with Crippen molar-refractivity contribution in [3.05, 3.63) is 30.5 Å². The van der Waals surface area contributed by atoms with Crippen LogP contribution in [0.3, 0.4) is 0 Å². The summed E-state index contributed by atoms with van der Waals surface area (Å²) in [4.78, 5) is 23.6. The van der Waals surface area contributed by atoms with Crippen LogP contribution < -0.4 is 15.4 Å². The van der Waals surface area contributed by atoms with Crippen molar-refractivity contribution in [2.75, 3.05) is 33.6 Å². The largest absolute Gasteiger partial charge is 0.497 e. The minimum atomic E-state index is -1.35. The van der Waals surface area contributed by atoms with E-state index in [4.69, 9.17) is 18.9 Å². The Morgan fingerprint density at radius 2 is 1.86 bits per heavy atom. The molecule has 2 amide bonds. The third kappa shape index (κ3) is 10.00. The number of carbonyl (C=O) groups excluding carboxylic acids is 2. The first kappa shape index (κ1) is 33.4. The van der Waals surface area contributed by atoms with Gasteiger partial charge in [0.05, 0.1) is 26.0 Å². The van der Waals surface area contributed by atoms with Gasteiger partial charge in [-0.05, 0) is 38.8 Å². The number of methoxy groups -OCH3 is 1. The first-order valence-corrected chi connectivity index (χ1v) is 14.2. The molecule has 1 aliphatic rings. The Labute approximate surface area is 245 Å². The molecule has 0 spiro atoms. The van der Waals surface area contributed by atoms with Crippen molar-refractivity contribution in [1.29, 1.82) is 0 Å². The van der Waals surface area contributed by atoms with Crippen molar-refractivity contribution in [1.82, 2.24) is 25.6 Å². The number of ether oxygens (including phenoxy) is 4. The average molecular weight is 594 g/mol. The zero-order chi connectivity index (χ0) is 30.5. The third-order valence-corrected chi connectivity index (χ3v) is 6.71. The number of carbonyl (C=O) groups is 2. The lowest BCUT2D eigenvalue weighted by atomic mass is 9.97. The summed E-state index contributed by atoms with van der Waals surface area (Å²) in [6.45, 7) is 4.04. The molecule has 2 heterocycles. The summed E-state index contributed by atoms with van der Waals surface area (Å²) < 4.78 is 23.6. The van der Waals surface area contributed by atoms with Crippen molar-refractivity contribution in [2.45, 2.75) is 82.7 Å². The van der Waals surface area contributed by atoms with Crippen LogP contribution in [0.1, 0.15) is 52.0 Å². The Morgan fingerprint density at radius 3 is 2.60 bits per heavy atom. The van der Waals surface area contributed by atoms with Gasteiger partial charge in [0.2, 0.25) is 11.8 Å². The molecule has 5 unspecified atom stereocenters. The Balaban J connectivity index is 1.44. The number of hydrogen-bond donors (Lipinski definition) is 5. The van der Waals surface area contributed by atoms with Gasteiger partial charge in [-0.1, -0.05) is 30.2 Å². The Kier molecular flexibility index (Phi) is 13.6. The molecule has 3 rings (SSSR count). The van der Waals surface area contributed by atoms with Crippen LogP contribution in [0.15, 0.2) is 30.5 Å². The predicted octanol–water partition coefficient (Wildman–Crippen LogP) is 0.516. The molecule has 234 valence electrons. The van der Waals surface area contributed by atoms with E-state index in [9.17, 15) is 24.9 Å². The monoisotopic (exact) mass is 593 g/mol. The van der Waals surface area contributed by atoms with Crippen LogP contribution >= 0.6 is 0 Å². The van der Waals surface area contributed by atoms with Gasteiger partial charge in [0.25, 0.3) is 0 Å². The quantitative estimate of drug-likeness (QED) is 0.0978. The summed E-state index contributed by atoms with van der Waals surface area (Å²) in [5.74, 6) is -0.0805. The topological polar surface area (TPSA) is 187 Å². The van der Waals surface area contributed by atoms with Crippen LogP contribution in [0.4, 0.5) is 0 Å². The molecule has 1 fully saturated rings. The Morgan fingerprint density at radius 1 is 1.10 bits per heavy atom. The van der Waals surface area contributed by atoms with E-state index in [1.807, 2.05) is 32.0 Å². The van der Waals surface area contributed by atoms with Gasteiger partial charge in [-0.15, -0.1) is 5.10 Å². The number of nitrogens with one attached hydrogen (secondary N) is 2. The van der Waals surface area contributed by atoms with E-state index in [0.29, 0.717) is 31.0 Å². The molecule has 0 radical (unpaired) electrons. The van der Waals surface area contributed by atoms with Crippen molar-refractivity contribution in [2.24, 2.45) is 0 Å². The number of rotatable bonds is 17. The molecule has 1 aromatic carbocycles. The van der Waals surface area contributed by atoms with Crippen LogP contribution in [-0.2, 0) is 23.8 Å². The maximum absolute atomic E-state index is 11.9. The molecule has 5 N–H and O–H groups in total. The Hall–Kier alpha value is -3.14. The van der Waals surface area contributed by atoms with Crippen molar-refractivity contribution >= 4 is 11.8 Å². The summed E-state index contributed by atoms with van der Waals surface area (Å²) >= 11 is 0. The summed E-state index contributed by atoms with van der Waals surface area (Å²) in [6, 6.07) is 6.39. The number of unbranched alkanes of at least 4 members (excludes halogenated alkanes) is 3. The Bertz CT molecular complexity index is 1110. The standard InChI is InChI=1S/C28H43N5O9/c1-18(2)41-17-30-24(36)14-23(35)29-11-6-4-5-7-12-40-28-25(27(38)26(37)22(16-34)42-28)33-15-21(31-32-33)19-9-8-10-20(13-19)39-3/h8-10,13,15,18,22,25-28,34,37-38H,4-7,11-12,14,16-17H2,1-3H3,(H,29,35)(H,30,36). The highest BCUT2D eigenvalue weighted by atomic mass is 16.7. The first-order chi connectivity index (χ1) is 20.2. The number of aliphatic hydroxyl groups excluding tert-OH is 3. The van der Waals surface area contributed by atoms with E-state index in [1.54, 1.807) is 19.4 Å². The molecule has 14 nitrogen and oxygen atoms in total. The van der Waals surface area contributed by atoms with Crippen LogP contribution in [0.5, 0.6) is 5.75 Å². The van der Waals surface area contributed by atoms with E-state index in [0.717, 1.165) is 24.8 Å². The fraction of sp³-hybridized carbons (Fsp3) is 0.643. The molecule has 5 atom stereocenters. The predicted molar refractivity (Wildman–Crippen MR) is 150 cm³/mol. The molecule has 0 bridgehead atoms. The van der Waals surface area contributed by atoms with Crippen molar-refractivity contribution in [3.8, 4) is 17.0 Å². The molecule has 42 heavy (non-hydrogen) atoms. The maximum atomic E-state index is 11.9. The van der Waals surface area contributed by atoms with E-state index >= 15 is 0 Å². The van der Waals surface area contributed by atoms with E-state index in [-0.39, 0.29) is 25.2 Å². The van der Waals surface area contributed by atoms with Crippen molar-refractivity contribution < 1.29 is 43.9 Å². The SMILES string of the molecule is COc1cccc(-c2cn(C3C(OCCCCCCNC(=O)CC(=O)NCOC(C)C)OC(CO)C(O)C3O)nn2)c1. The number of aromatic nitrogens is 3. The molecule has 14 heteroatoms. The minimum Gasteiger partial charge on any atom is -0.497 e. The summed E-state index contributed by atoms with van der Waals surface area (Å²) in [7, 11) is 1.57. The van der Waals surface area contributed by atoms with Gasteiger partial charge >= 0.3 is 0 Å². The second-order valence-electron chi connectivity index (χ2n) is 10.3. The number of nitrogens with zero attached hydrogens (tertiary/aromatic N) is 3. The minimum absolute atomic E-state index is 0.00890. The first-order valence-electron chi connectivity index (χ1n) is 14.2. The number of amides is 2. The van der Waals surface area contributed by atoms with E-state index in [2.05, 4.69) is 20.9 Å². The van der Waals surface area contributed by atoms with Gasteiger partial charge in [-0.3, -0.25) is 9.59 Å². The van der Waals surface area contributed by atoms with Crippen LogP contribution in [0.25, 0.3) is 11.3 Å². The molecule has 1 saturated heterocycles. The molecular formula is C28H43N5O9. The second kappa shape index (κ2) is 17.1. The summed E-state index contributed by atoms with van der Waals surface area (Å²) in [5.41, 5.74) is 1.29. The fourth-order valence-corrected chi connectivity index (χ4v) is 4.39. The van der Waals surface area contributed by atoms with Gasteiger partial charge in [-0.2, -0.15) is 0 Å². The summed E-state index contributed by atoms with van der Waals surface area (Å²) in [5, 5.41) is 44.6. The van der Waals surface area contributed by atoms with Crippen LogP contribution in [0.2, 0.25) is 0 Å². The van der Waals surface area contributed by atoms with Gasteiger partial charge in [0.1, 0.15) is 48.9 Å². The van der Waals surface area contributed by atoms with E-state index in [1.165, 1.54) is 4.68 Å². The zero-order valence-electron chi connectivity index (χ0n) is 24.3. The number of benzene rings is 1. The molecule has 0 aliphatic carbocycles. The van der Waals surface area contributed by atoms with Gasteiger partial charge in [-0.25, -0.2) is 4.68 Å². The number of hydrogen-bond acceptors (Lipinski definition) is 11. The van der Waals surface area contributed by atoms with Gasteiger partial charge in [0.15, 0.2) is 6.29 Å². The normalized spacial score (nSPS) is 22.2. The lowest BCUT2D eigenvalue weighted by molar-refractivity contribution is -0.281. The maximum Gasteiger partial charge on any atom is 0.231 e. The van der Waals surface area contributed by atoms with Crippen LogP contribution in [0, 0.1) is 0 Å². The highest BCUT2D eigenvalue weighted by molar-refractivity contribution is 5.96. The van der Waals surface area contributed by atoms with Crippen LogP contribution in [-0.4, -0.2) is 106 Å². The lowest BCUT2D eigenvalue weighted by Gasteiger charge is -2.41. The van der Waals surface area contributed by atoms with Crippen molar-refractivity contribution in [3.63, 3.8) is 0 Å². The molecular weight excluding hydrogens is 550 g/mol. The molecule has 1 aliphatic heterocycles. The molecule has 2 aromatic rings. The number of aliphatic hydroxyl groups is 3. The zero-order valence-corrected chi connectivity index (χ0v) is 24.3. The van der Waals surface area contributed by atoms with E-state index < -0.39 is 43.2 Å². The summed E-state index contributed by atoms with van der Waals surface area (Å²) in [6.07, 6.45) is -0.278. The second-order valence-corrected chi connectivity index (χ2v) is 10.3. The average Bonchev–Trinajstić information content (AvgIpc) is 3.45. The van der Waals surface area contributed by atoms with Gasteiger partial charge in [0, 0.05) is 18.7 Å². The third-order valence-electron chi connectivity index (χ3n) is 6.71. The fourth-order valence-electron chi connectivity index (χ4n) is 4.39. The molecule has 1 aromatic heterocycles. The smallest absolute Gasteiger partial charge is 0.231 e. The highest BCUT2D eigenvalue weighted by Gasteiger charge is 2.46. The lowest BCUT2D eigenvalue weighted by Crippen LogP contribution is -2.56. The highest BCUT2D eigenvalue weighted by Crippen LogP contribution is 2.32.